The van der Waals surface area contributed by atoms with Gasteiger partial charge in [-0.15, -0.1) is 0 Å². The van der Waals surface area contributed by atoms with E-state index >= 15 is 0 Å². The number of nitrogens with two attached hydrogens (primary N) is 1. The molecule has 0 bridgehead atoms. The molecule has 0 spiro atoms. The summed E-state index contributed by atoms with van der Waals surface area (Å²) in [5, 5.41) is 11.9. The molecule has 7 heteroatoms. The number of carbonyl (C=O) groups is 3. The zero-order valence-corrected chi connectivity index (χ0v) is 31.1. The molecule has 0 aromatic carbocycles. The highest BCUT2D eigenvalue weighted by Crippen LogP contribution is 2.19. The van der Waals surface area contributed by atoms with Crippen LogP contribution < -0.4 is 11.1 Å². The third-order valence-electron chi connectivity index (χ3n) is 9.42. The summed E-state index contributed by atoms with van der Waals surface area (Å²) >= 11 is 0. The zero-order chi connectivity index (χ0) is 34.6. The summed E-state index contributed by atoms with van der Waals surface area (Å²) in [5.41, 5.74) is 5.47. The van der Waals surface area contributed by atoms with Crippen LogP contribution in [0.2, 0.25) is 0 Å². The fourth-order valence-electron chi connectivity index (χ4n) is 6.33. The Morgan fingerprint density at radius 2 is 0.915 bits per heavy atom. The van der Waals surface area contributed by atoms with Crippen LogP contribution >= 0.6 is 0 Å². The van der Waals surface area contributed by atoms with Gasteiger partial charge in [-0.05, 0) is 57.9 Å². The number of carboxylic acids is 1. The molecule has 0 aliphatic rings. The topological polar surface area (TPSA) is 119 Å². The number of ether oxygens (including phenoxy) is 1. The smallest absolute Gasteiger partial charge is 0.326 e. The predicted molar refractivity (Wildman–Crippen MR) is 198 cm³/mol. The third kappa shape index (κ3) is 32.7. The van der Waals surface area contributed by atoms with Gasteiger partial charge in [-0.2, -0.15) is 0 Å². The quantitative estimate of drug-likeness (QED) is 0.0448. The van der Waals surface area contributed by atoms with Crippen molar-refractivity contribution < 1.29 is 24.2 Å². The van der Waals surface area contributed by atoms with Gasteiger partial charge >= 0.3 is 11.9 Å². The van der Waals surface area contributed by atoms with Crippen molar-refractivity contribution in [2.75, 3.05) is 6.54 Å². The average molecular weight is 667 g/mol. The van der Waals surface area contributed by atoms with E-state index in [1.807, 2.05) is 0 Å². The highest BCUT2D eigenvalue weighted by Gasteiger charge is 2.19. The number of hydrogen-bond acceptors (Lipinski definition) is 5. The third-order valence-corrected chi connectivity index (χ3v) is 9.42. The van der Waals surface area contributed by atoms with E-state index < -0.39 is 12.0 Å². The summed E-state index contributed by atoms with van der Waals surface area (Å²) < 4.78 is 6.00. The van der Waals surface area contributed by atoms with Crippen molar-refractivity contribution >= 4 is 17.8 Å². The largest absolute Gasteiger partial charge is 0.480 e. The number of amides is 1. The minimum absolute atomic E-state index is 0.0222. The van der Waals surface area contributed by atoms with Gasteiger partial charge in [-0.1, -0.05) is 155 Å². The van der Waals surface area contributed by atoms with Gasteiger partial charge in [-0.3, -0.25) is 9.59 Å². The Morgan fingerprint density at radius 3 is 1.32 bits per heavy atom. The number of carbonyl (C=O) groups excluding carboxylic acids is 2. The first kappa shape index (κ1) is 45.4. The highest BCUT2D eigenvalue weighted by molar-refractivity contribution is 5.83. The van der Waals surface area contributed by atoms with E-state index in [1.54, 1.807) is 0 Å². The molecule has 0 fully saturated rings. The Bertz CT molecular complexity index is 717. The second-order valence-corrected chi connectivity index (χ2v) is 14.1. The molecule has 0 saturated heterocycles. The minimum Gasteiger partial charge on any atom is -0.480 e. The van der Waals surface area contributed by atoms with Crippen LogP contribution in [-0.4, -0.2) is 41.6 Å². The zero-order valence-electron chi connectivity index (χ0n) is 31.1. The van der Waals surface area contributed by atoms with Crippen molar-refractivity contribution in [1.82, 2.24) is 5.32 Å². The molecule has 1 amide bonds. The molecular formula is C40H78N2O5. The standard InChI is InChI=1S/C40H78N2O5/c1-3-5-7-9-11-12-13-14-15-16-17-19-21-25-30-36(47-39(44)34-28-24-18-10-8-6-4-2)31-26-22-20-23-27-33-38(43)42-37(40(45)46)32-29-35-41/h36-37H,3-35,41H2,1-2H3,(H,42,43)(H,45,46). The van der Waals surface area contributed by atoms with Gasteiger partial charge in [0.25, 0.3) is 0 Å². The number of esters is 1. The van der Waals surface area contributed by atoms with E-state index in [1.165, 1.54) is 116 Å². The van der Waals surface area contributed by atoms with Crippen LogP contribution in [0.5, 0.6) is 0 Å². The van der Waals surface area contributed by atoms with Crippen molar-refractivity contribution in [2.24, 2.45) is 5.73 Å². The molecule has 2 unspecified atom stereocenters. The van der Waals surface area contributed by atoms with E-state index in [2.05, 4.69) is 19.2 Å². The molecule has 278 valence electrons. The molecule has 0 heterocycles. The number of carboxylic acid groups (broad SMARTS) is 1. The van der Waals surface area contributed by atoms with Crippen LogP contribution in [0.25, 0.3) is 0 Å². The van der Waals surface area contributed by atoms with Gasteiger partial charge in [0.2, 0.25) is 5.91 Å². The lowest BCUT2D eigenvalue weighted by Gasteiger charge is -2.18. The van der Waals surface area contributed by atoms with Crippen molar-refractivity contribution in [1.29, 1.82) is 0 Å². The van der Waals surface area contributed by atoms with Crippen molar-refractivity contribution in [3.05, 3.63) is 0 Å². The molecule has 0 saturated carbocycles. The summed E-state index contributed by atoms with van der Waals surface area (Å²) in [6.07, 6.45) is 35.8. The van der Waals surface area contributed by atoms with Crippen LogP contribution in [0.15, 0.2) is 0 Å². The van der Waals surface area contributed by atoms with E-state index in [0.717, 1.165) is 64.2 Å². The first-order valence-corrected chi connectivity index (χ1v) is 20.4. The van der Waals surface area contributed by atoms with Crippen molar-refractivity contribution in [2.45, 2.75) is 231 Å². The lowest BCUT2D eigenvalue weighted by molar-refractivity contribution is -0.150. The SMILES string of the molecule is CCCCCCCCCCCCCCCCC(CCCCCCCC(=O)NC(CCCN)C(=O)O)OC(=O)CCCCCCCCC. The summed E-state index contributed by atoms with van der Waals surface area (Å²) in [7, 11) is 0. The second-order valence-electron chi connectivity index (χ2n) is 14.1. The first-order valence-electron chi connectivity index (χ1n) is 20.4. The fraction of sp³-hybridized carbons (Fsp3) is 0.925. The van der Waals surface area contributed by atoms with Crippen molar-refractivity contribution in [3.63, 3.8) is 0 Å². The Balaban J connectivity index is 4.24. The molecule has 2 atom stereocenters. The van der Waals surface area contributed by atoms with Crippen LogP contribution in [0, 0.1) is 0 Å². The Kier molecular flexibility index (Phi) is 34.4. The lowest BCUT2D eigenvalue weighted by atomic mass is 10.0. The van der Waals surface area contributed by atoms with E-state index in [9.17, 15) is 19.5 Å². The van der Waals surface area contributed by atoms with E-state index in [0.29, 0.717) is 32.2 Å². The molecule has 0 aliphatic heterocycles. The van der Waals surface area contributed by atoms with Gasteiger partial charge in [-0.25, -0.2) is 4.79 Å². The Labute approximate surface area is 290 Å². The van der Waals surface area contributed by atoms with Gasteiger partial charge in [0.1, 0.15) is 12.1 Å². The maximum absolute atomic E-state index is 12.6. The first-order chi connectivity index (χ1) is 22.9. The summed E-state index contributed by atoms with van der Waals surface area (Å²) in [5.74, 6) is -1.22. The number of nitrogens with one attached hydrogen (secondary N) is 1. The van der Waals surface area contributed by atoms with E-state index in [-0.39, 0.29) is 18.0 Å². The molecule has 0 rings (SSSR count). The molecule has 7 nitrogen and oxygen atoms in total. The molecule has 0 aliphatic carbocycles. The van der Waals surface area contributed by atoms with Gasteiger partial charge < -0.3 is 20.9 Å². The predicted octanol–water partition coefficient (Wildman–Crippen LogP) is 10.9. The Morgan fingerprint density at radius 1 is 0.532 bits per heavy atom. The number of hydrogen-bond donors (Lipinski definition) is 3. The van der Waals surface area contributed by atoms with Gasteiger partial charge in [0, 0.05) is 12.8 Å². The summed E-state index contributed by atoms with van der Waals surface area (Å²) in [4.78, 5) is 36.2. The fourth-order valence-corrected chi connectivity index (χ4v) is 6.33. The monoisotopic (exact) mass is 667 g/mol. The second kappa shape index (κ2) is 35.7. The molecule has 4 N–H and O–H groups in total. The maximum Gasteiger partial charge on any atom is 0.326 e. The molecular weight excluding hydrogens is 588 g/mol. The maximum atomic E-state index is 12.6. The van der Waals surface area contributed by atoms with Gasteiger partial charge in [0.05, 0.1) is 0 Å². The normalized spacial score (nSPS) is 12.6. The number of rotatable bonds is 37. The summed E-state index contributed by atoms with van der Waals surface area (Å²) in [6.45, 7) is 4.93. The van der Waals surface area contributed by atoms with Crippen LogP contribution in [-0.2, 0) is 19.1 Å². The van der Waals surface area contributed by atoms with Crippen molar-refractivity contribution in [3.8, 4) is 0 Å². The molecule has 0 radical (unpaired) electrons. The number of aliphatic carboxylic acids is 1. The molecule has 0 aromatic heterocycles. The van der Waals surface area contributed by atoms with Crippen LogP contribution in [0.1, 0.15) is 219 Å². The Hall–Kier alpha value is -1.63. The van der Waals surface area contributed by atoms with E-state index in [4.69, 9.17) is 10.5 Å². The number of unbranched alkanes of at least 4 members (excludes halogenated alkanes) is 23. The minimum atomic E-state index is -1.00. The molecule has 47 heavy (non-hydrogen) atoms. The lowest BCUT2D eigenvalue weighted by Crippen LogP contribution is -2.40. The average Bonchev–Trinajstić information content (AvgIpc) is 3.05. The van der Waals surface area contributed by atoms with Crippen LogP contribution in [0.4, 0.5) is 0 Å². The molecule has 0 aromatic rings. The highest BCUT2D eigenvalue weighted by atomic mass is 16.5. The van der Waals surface area contributed by atoms with Gasteiger partial charge in [0.15, 0.2) is 0 Å². The summed E-state index contributed by atoms with van der Waals surface area (Å²) in [6, 6.07) is -0.851. The van der Waals surface area contributed by atoms with Crippen LogP contribution in [0.3, 0.4) is 0 Å².